The van der Waals surface area contributed by atoms with Gasteiger partial charge >= 0.3 is 0 Å². The second-order valence-electron chi connectivity index (χ2n) is 5.39. The number of nitriles is 1. The van der Waals surface area contributed by atoms with Gasteiger partial charge in [0.2, 0.25) is 11.8 Å². The van der Waals surface area contributed by atoms with Crippen LogP contribution in [0.2, 0.25) is 0 Å². The van der Waals surface area contributed by atoms with E-state index in [1.54, 1.807) is 4.90 Å². The van der Waals surface area contributed by atoms with Gasteiger partial charge in [0.15, 0.2) is 0 Å². The molecule has 0 bridgehead atoms. The van der Waals surface area contributed by atoms with E-state index in [4.69, 9.17) is 5.26 Å². The van der Waals surface area contributed by atoms with Crippen LogP contribution in [-0.4, -0.2) is 54.4 Å². The molecule has 1 amide bonds. The van der Waals surface area contributed by atoms with Crippen molar-refractivity contribution in [2.45, 2.75) is 31.6 Å². The summed E-state index contributed by atoms with van der Waals surface area (Å²) in [5.74, 6) is -2.79. The fourth-order valence-corrected chi connectivity index (χ4v) is 2.77. The molecule has 0 spiro atoms. The zero-order valence-electron chi connectivity index (χ0n) is 10.9. The molecule has 2 rings (SSSR count). The predicted octanol–water partition coefficient (Wildman–Crippen LogP) is 1.48. The Labute approximate surface area is 112 Å². The molecule has 2 fully saturated rings. The lowest BCUT2D eigenvalue weighted by Crippen LogP contribution is -2.50. The Kier molecular flexibility index (Phi) is 4.35. The van der Waals surface area contributed by atoms with E-state index >= 15 is 0 Å². The quantitative estimate of drug-likeness (QED) is 0.715. The molecule has 0 radical (unpaired) electrons. The van der Waals surface area contributed by atoms with Crippen molar-refractivity contribution in [3.05, 3.63) is 0 Å². The minimum atomic E-state index is -2.58. The highest BCUT2D eigenvalue weighted by Gasteiger charge is 2.38. The minimum absolute atomic E-state index is 0.0205. The van der Waals surface area contributed by atoms with Gasteiger partial charge in [0.05, 0.1) is 12.6 Å². The number of nitrogens with zero attached hydrogens (tertiary/aromatic N) is 3. The molecule has 1 aliphatic carbocycles. The standard InChI is InChI=1S/C13H19F2N3O/c14-13(15)3-1-11(2-4-13)12(19)18-9-7-17(6-5-16)8-10-18/h11H,1-4,6-10H2. The highest BCUT2D eigenvalue weighted by Crippen LogP contribution is 2.36. The number of rotatable bonds is 2. The third kappa shape index (κ3) is 3.63. The van der Waals surface area contributed by atoms with Crippen LogP contribution in [0, 0.1) is 17.2 Å². The highest BCUT2D eigenvalue weighted by molar-refractivity contribution is 5.79. The van der Waals surface area contributed by atoms with Gasteiger partial charge in [0, 0.05) is 44.9 Å². The zero-order valence-corrected chi connectivity index (χ0v) is 10.9. The summed E-state index contributed by atoms with van der Waals surface area (Å²) in [6, 6.07) is 2.09. The molecule has 19 heavy (non-hydrogen) atoms. The van der Waals surface area contributed by atoms with Gasteiger partial charge in [-0.3, -0.25) is 9.69 Å². The lowest BCUT2D eigenvalue weighted by Gasteiger charge is -2.37. The first-order valence-electron chi connectivity index (χ1n) is 6.78. The summed E-state index contributed by atoms with van der Waals surface area (Å²) < 4.78 is 26.1. The lowest BCUT2D eigenvalue weighted by molar-refractivity contribution is -0.141. The number of hydrogen-bond donors (Lipinski definition) is 0. The molecule has 2 aliphatic rings. The Hall–Kier alpha value is -1.22. The number of hydrogen-bond acceptors (Lipinski definition) is 3. The molecule has 1 saturated carbocycles. The topological polar surface area (TPSA) is 47.3 Å². The van der Waals surface area contributed by atoms with Gasteiger partial charge in [-0.1, -0.05) is 0 Å². The molecule has 0 unspecified atom stereocenters. The fourth-order valence-electron chi connectivity index (χ4n) is 2.77. The van der Waals surface area contributed by atoms with E-state index in [1.165, 1.54) is 0 Å². The maximum atomic E-state index is 13.1. The summed E-state index contributed by atoms with van der Waals surface area (Å²) in [6.45, 7) is 2.99. The van der Waals surface area contributed by atoms with Crippen LogP contribution in [-0.2, 0) is 4.79 Å². The molecule has 0 aromatic heterocycles. The monoisotopic (exact) mass is 271 g/mol. The van der Waals surface area contributed by atoms with Crippen LogP contribution in [0.5, 0.6) is 0 Å². The smallest absolute Gasteiger partial charge is 0.248 e. The second kappa shape index (κ2) is 5.83. The second-order valence-corrected chi connectivity index (χ2v) is 5.39. The van der Waals surface area contributed by atoms with Crippen LogP contribution < -0.4 is 0 Å². The van der Waals surface area contributed by atoms with Crippen molar-refractivity contribution < 1.29 is 13.6 Å². The Morgan fingerprint density at radius 2 is 1.79 bits per heavy atom. The lowest BCUT2D eigenvalue weighted by atomic mass is 9.86. The zero-order chi connectivity index (χ0) is 13.9. The van der Waals surface area contributed by atoms with Crippen molar-refractivity contribution in [3.63, 3.8) is 0 Å². The summed E-state index contributed by atoms with van der Waals surface area (Å²) >= 11 is 0. The summed E-state index contributed by atoms with van der Waals surface area (Å²) in [6.07, 6.45) is 0.254. The summed E-state index contributed by atoms with van der Waals surface area (Å²) in [4.78, 5) is 16.0. The minimum Gasteiger partial charge on any atom is -0.340 e. The average molecular weight is 271 g/mol. The van der Waals surface area contributed by atoms with Gasteiger partial charge < -0.3 is 4.90 Å². The highest BCUT2D eigenvalue weighted by atomic mass is 19.3. The molecule has 1 heterocycles. The first kappa shape index (κ1) is 14.2. The first-order chi connectivity index (χ1) is 9.02. The summed E-state index contributed by atoms with van der Waals surface area (Å²) in [5.41, 5.74) is 0. The van der Waals surface area contributed by atoms with E-state index < -0.39 is 5.92 Å². The third-order valence-corrected chi connectivity index (χ3v) is 4.04. The Bertz CT molecular complexity index is 363. The van der Waals surface area contributed by atoms with Gasteiger partial charge in [-0.25, -0.2) is 8.78 Å². The van der Waals surface area contributed by atoms with Gasteiger partial charge in [0.25, 0.3) is 0 Å². The van der Waals surface area contributed by atoms with Crippen molar-refractivity contribution in [2.24, 2.45) is 5.92 Å². The van der Waals surface area contributed by atoms with Crippen LogP contribution in [0.1, 0.15) is 25.7 Å². The van der Waals surface area contributed by atoms with Crippen LogP contribution in [0.4, 0.5) is 8.78 Å². The molecule has 106 valence electrons. The Balaban J connectivity index is 1.80. The number of alkyl halides is 2. The van der Waals surface area contributed by atoms with Crippen LogP contribution in [0.25, 0.3) is 0 Å². The largest absolute Gasteiger partial charge is 0.340 e. The molecule has 0 aromatic carbocycles. The van der Waals surface area contributed by atoms with Crippen LogP contribution >= 0.6 is 0 Å². The molecular weight excluding hydrogens is 252 g/mol. The summed E-state index contributed by atoms with van der Waals surface area (Å²) in [7, 11) is 0. The predicted molar refractivity (Wildman–Crippen MR) is 65.5 cm³/mol. The first-order valence-corrected chi connectivity index (χ1v) is 6.78. The van der Waals surface area contributed by atoms with Gasteiger partial charge in [-0.05, 0) is 12.8 Å². The van der Waals surface area contributed by atoms with Crippen molar-refractivity contribution in [3.8, 4) is 6.07 Å². The summed E-state index contributed by atoms with van der Waals surface area (Å²) in [5, 5.41) is 8.60. The molecule has 1 aliphatic heterocycles. The molecule has 0 atom stereocenters. The van der Waals surface area contributed by atoms with Gasteiger partial charge in [-0.15, -0.1) is 0 Å². The van der Waals surface area contributed by atoms with Crippen molar-refractivity contribution in [1.82, 2.24) is 9.80 Å². The fraction of sp³-hybridized carbons (Fsp3) is 0.846. The molecule has 4 nitrogen and oxygen atoms in total. The molecule has 1 saturated heterocycles. The van der Waals surface area contributed by atoms with E-state index in [2.05, 4.69) is 6.07 Å². The van der Waals surface area contributed by atoms with E-state index in [0.717, 1.165) is 0 Å². The van der Waals surface area contributed by atoms with Crippen molar-refractivity contribution >= 4 is 5.91 Å². The van der Waals surface area contributed by atoms with E-state index in [0.29, 0.717) is 45.6 Å². The average Bonchev–Trinajstić information content (AvgIpc) is 2.39. The maximum Gasteiger partial charge on any atom is 0.248 e. The van der Waals surface area contributed by atoms with E-state index in [9.17, 15) is 13.6 Å². The van der Waals surface area contributed by atoms with E-state index in [1.807, 2.05) is 4.90 Å². The van der Waals surface area contributed by atoms with Crippen molar-refractivity contribution in [2.75, 3.05) is 32.7 Å². The number of carbonyl (C=O) groups excluding carboxylic acids is 1. The van der Waals surface area contributed by atoms with Crippen molar-refractivity contribution in [1.29, 1.82) is 5.26 Å². The molecule has 0 N–H and O–H groups in total. The van der Waals surface area contributed by atoms with Crippen LogP contribution in [0.15, 0.2) is 0 Å². The van der Waals surface area contributed by atoms with E-state index in [-0.39, 0.29) is 24.7 Å². The Morgan fingerprint density at radius 1 is 1.21 bits per heavy atom. The van der Waals surface area contributed by atoms with Gasteiger partial charge in [-0.2, -0.15) is 5.26 Å². The Morgan fingerprint density at radius 3 is 2.32 bits per heavy atom. The SMILES string of the molecule is N#CCN1CCN(C(=O)C2CCC(F)(F)CC2)CC1. The van der Waals surface area contributed by atoms with Crippen LogP contribution in [0.3, 0.4) is 0 Å². The number of piperazine rings is 1. The normalized spacial score (nSPS) is 25.0. The molecule has 0 aromatic rings. The molecule has 6 heteroatoms. The number of carbonyl (C=O) groups is 1. The van der Waals surface area contributed by atoms with Gasteiger partial charge in [0.1, 0.15) is 0 Å². The number of amides is 1. The third-order valence-electron chi connectivity index (χ3n) is 4.04. The maximum absolute atomic E-state index is 13.1. The molecular formula is C13H19F2N3O. The number of halogens is 2.